The van der Waals surface area contributed by atoms with Gasteiger partial charge in [0, 0.05) is 6.04 Å². The molecule has 1 saturated heterocycles. The largest absolute Gasteiger partial charge is 0.324 e. The van der Waals surface area contributed by atoms with Crippen molar-refractivity contribution in [1.29, 1.82) is 0 Å². The summed E-state index contributed by atoms with van der Waals surface area (Å²) in [7, 11) is 0. The van der Waals surface area contributed by atoms with E-state index >= 15 is 0 Å². The highest BCUT2D eigenvalue weighted by Crippen LogP contribution is 2.31. The Hall–Kier alpha value is -0.570. The zero-order valence-electron chi connectivity index (χ0n) is 11.6. The number of hydrogen-bond donors (Lipinski definition) is 2. The van der Waals surface area contributed by atoms with Gasteiger partial charge in [0.15, 0.2) is 0 Å². The summed E-state index contributed by atoms with van der Waals surface area (Å²) in [6.07, 6.45) is 2.40. The number of piperidine rings is 1. The molecule has 18 heavy (non-hydrogen) atoms. The first kappa shape index (κ1) is 15.5. The molecule has 1 atom stereocenters. The third-order valence-corrected chi connectivity index (χ3v) is 3.96. The van der Waals surface area contributed by atoms with Crippen LogP contribution in [0.2, 0.25) is 0 Å². The maximum absolute atomic E-state index is 6.49. The minimum Gasteiger partial charge on any atom is -0.324 e. The second-order valence-corrected chi connectivity index (χ2v) is 5.43. The summed E-state index contributed by atoms with van der Waals surface area (Å²) < 4.78 is 0. The van der Waals surface area contributed by atoms with Crippen molar-refractivity contribution >= 4 is 12.4 Å². The van der Waals surface area contributed by atoms with Gasteiger partial charge in [0.05, 0.1) is 0 Å². The van der Waals surface area contributed by atoms with Crippen LogP contribution in [0.3, 0.4) is 0 Å². The Bertz CT molecular complexity index is 374. The van der Waals surface area contributed by atoms with E-state index in [2.05, 4.69) is 38.2 Å². The van der Waals surface area contributed by atoms with Crippen LogP contribution in [0, 0.1) is 26.7 Å². The smallest absolute Gasteiger partial charge is 0.0329 e. The van der Waals surface area contributed by atoms with Gasteiger partial charge in [0.25, 0.3) is 0 Å². The number of aryl methyl sites for hydroxylation is 3. The first-order valence-corrected chi connectivity index (χ1v) is 6.63. The van der Waals surface area contributed by atoms with Gasteiger partial charge in [-0.25, -0.2) is 0 Å². The fourth-order valence-electron chi connectivity index (χ4n) is 3.16. The van der Waals surface area contributed by atoms with Crippen LogP contribution < -0.4 is 11.1 Å². The van der Waals surface area contributed by atoms with Crippen LogP contribution in [-0.4, -0.2) is 13.1 Å². The van der Waals surface area contributed by atoms with E-state index in [0.717, 1.165) is 13.1 Å². The van der Waals surface area contributed by atoms with Gasteiger partial charge in [-0.15, -0.1) is 12.4 Å². The zero-order chi connectivity index (χ0) is 12.4. The van der Waals surface area contributed by atoms with Crippen LogP contribution in [0.1, 0.15) is 41.1 Å². The van der Waals surface area contributed by atoms with Crippen molar-refractivity contribution in [2.75, 3.05) is 13.1 Å². The predicted octanol–water partition coefficient (Wildman–Crippen LogP) is 3.03. The molecule has 0 amide bonds. The molecule has 3 heteroatoms. The summed E-state index contributed by atoms with van der Waals surface area (Å²) in [5, 5.41) is 3.40. The van der Waals surface area contributed by atoms with Gasteiger partial charge >= 0.3 is 0 Å². The van der Waals surface area contributed by atoms with Gasteiger partial charge < -0.3 is 11.1 Å². The van der Waals surface area contributed by atoms with Crippen molar-refractivity contribution < 1.29 is 0 Å². The normalized spacial score (nSPS) is 18.2. The molecule has 0 spiro atoms. The molecule has 1 aliphatic heterocycles. The Morgan fingerprint density at radius 3 is 2.11 bits per heavy atom. The Morgan fingerprint density at radius 2 is 1.61 bits per heavy atom. The van der Waals surface area contributed by atoms with E-state index < -0.39 is 0 Å². The van der Waals surface area contributed by atoms with Crippen LogP contribution in [-0.2, 0) is 0 Å². The lowest BCUT2D eigenvalue weighted by Crippen LogP contribution is -2.34. The molecular weight excluding hydrogens is 244 g/mol. The van der Waals surface area contributed by atoms with E-state index in [9.17, 15) is 0 Å². The van der Waals surface area contributed by atoms with E-state index in [4.69, 9.17) is 5.73 Å². The van der Waals surface area contributed by atoms with Gasteiger partial charge in [-0.05, 0) is 69.3 Å². The van der Waals surface area contributed by atoms with Crippen molar-refractivity contribution in [3.05, 3.63) is 34.4 Å². The maximum atomic E-state index is 6.49. The average Bonchev–Trinajstić information content (AvgIpc) is 2.28. The van der Waals surface area contributed by atoms with E-state index in [1.165, 1.54) is 35.1 Å². The van der Waals surface area contributed by atoms with Crippen molar-refractivity contribution in [3.63, 3.8) is 0 Å². The molecule has 102 valence electrons. The summed E-state index contributed by atoms with van der Waals surface area (Å²) in [6, 6.07) is 4.71. The van der Waals surface area contributed by atoms with Crippen LogP contribution in [0.4, 0.5) is 0 Å². The predicted molar refractivity (Wildman–Crippen MR) is 80.4 cm³/mol. The van der Waals surface area contributed by atoms with E-state index in [1.54, 1.807) is 0 Å². The summed E-state index contributed by atoms with van der Waals surface area (Å²) in [4.78, 5) is 0. The Balaban J connectivity index is 0.00000162. The molecule has 1 aromatic carbocycles. The molecule has 1 aliphatic rings. The summed E-state index contributed by atoms with van der Waals surface area (Å²) in [5.74, 6) is 0.636. The van der Waals surface area contributed by atoms with Gasteiger partial charge in [0.2, 0.25) is 0 Å². The summed E-state index contributed by atoms with van der Waals surface area (Å²) >= 11 is 0. The van der Waals surface area contributed by atoms with Crippen molar-refractivity contribution in [1.82, 2.24) is 5.32 Å². The van der Waals surface area contributed by atoms with Gasteiger partial charge in [-0.2, -0.15) is 0 Å². The monoisotopic (exact) mass is 268 g/mol. The molecule has 2 rings (SSSR count). The van der Waals surface area contributed by atoms with Crippen LogP contribution in [0.25, 0.3) is 0 Å². The Morgan fingerprint density at radius 1 is 1.11 bits per heavy atom. The SMILES string of the molecule is Cc1cc(C)c([C@H](N)C2CCNCC2)c(C)c1.Cl. The number of benzene rings is 1. The highest BCUT2D eigenvalue weighted by molar-refractivity contribution is 5.85. The number of nitrogens with two attached hydrogens (primary N) is 1. The van der Waals surface area contributed by atoms with Gasteiger partial charge in [-0.1, -0.05) is 17.7 Å². The van der Waals surface area contributed by atoms with Crippen LogP contribution in [0.5, 0.6) is 0 Å². The van der Waals surface area contributed by atoms with Crippen LogP contribution in [0.15, 0.2) is 12.1 Å². The lowest BCUT2D eigenvalue weighted by atomic mass is 9.82. The lowest BCUT2D eigenvalue weighted by Gasteiger charge is -2.30. The fraction of sp³-hybridized carbons (Fsp3) is 0.600. The third kappa shape index (κ3) is 3.25. The lowest BCUT2D eigenvalue weighted by molar-refractivity contribution is 0.321. The van der Waals surface area contributed by atoms with Crippen LogP contribution >= 0.6 is 12.4 Å². The molecule has 0 bridgehead atoms. The second-order valence-electron chi connectivity index (χ2n) is 5.43. The van der Waals surface area contributed by atoms with E-state index in [0.29, 0.717) is 5.92 Å². The molecule has 0 aromatic heterocycles. The minimum absolute atomic E-state index is 0. The number of rotatable bonds is 2. The highest BCUT2D eigenvalue weighted by Gasteiger charge is 2.23. The van der Waals surface area contributed by atoms with E-state index in [-0.39, 0.29) is 18.4 Å². The van der Waals surface area contributed by atoms with Crippen molar-refractivity contribution in [3.8, 4) is 0 Å². The summed E-state index contributed by atoms with van der Waals surface area (Å²) in [6.45, 7) is 8.76. The minimum atomic E-state index is 0. The van der Waals surface area contributed by atoms with Gasteiger partial charge in [0.1, 0.15) is 0 Å². The van der Waals surface area contributed by atoms with Gasteiger partial charge in [-0.3, -0.25) is 0 Å². The molecule has 1 fully saturated rings. The molecule has 1 aromatic rings. The first-order valence-electron chi connectivity index (χ1n) is 6.63. The number of halogens is 1. The molecule has 1 heterocycles. The van der Waals surface area contributed by atoms with Crippen molar-refractivity contribution in [2.24, 2.45) is 11.7 Å². The molecule has 0 radical (unpaired) electrons. The molecule has 3 N–H and O–H groups in total. The first-order chi connectivity index (χ1) is 8.09. The topological polar surface area (TPSA) is 38.0 Å². The third-order valence-electron chi connectivity index (χ3n) is 3.96. The van der Waals surface area contributed by atoms with Crippen molar-refractivity contribution in [2.45, 2.75) is 39.7 Å². The molecule has 0 saturated carbocycles. The second kappa shape index (κ2) is 6.55. The molecule has 2 nitrogen and oxygen atoms in total. The zero-order valence-corrected chi connectivity index (χ0v) is 12.4. The molecular formula is C15H25ClN2. The Kier molecular flexibility index (Phi) is 5.64. The fourth-order valence-corrected chi connectivity index (χ4v) is 3.16. The quantitative estimate of drug-likeness (QED) is 0.865. The highest BCUT2D eigenvalue weighted by atomic mass is 35.5. The van der Waals surface area contributed by atoms with E-state index in [1.807, 2.05) is 0 Å². The standard InChI is InChI=1S/C15H24N2.ClH/c1-10-8-11(2)14(12(3)9-10)15(16)13-4-6-17-7-5-13;/h8-9,13,15,17H,4-7,16H2,1-3H3;1H/t15-;/m1./s1. The summed E-state index contributed by atoms with van der Waals surface area (Å²) in [5.41, 5.74) is 11.9. The molecule has 0 aliphatic carbocycles. The number of hydrogen-bond acceptors (Lipinski definition) is 2. The number of nitrogens with one attached hydrogen (secondary N) is 1. The maximum Gasteiger partial charge on any atom is 0.0329 e. The average molecular weight is 269 g/mol. The Labute approximate surface area is 117 Å². The molecule has 0 unspecified atom stereocenters.